The molecular weight excluding hydrogens is 677 g/mol. The highest BCUT2D eigenvalue weighted by atomic mass is 35.5. The van der Waals surface area contributed by atoms with E-state index in [9.17, 15) is 13.2 Å². The second-order valence-corrected chi connectivity index (χ2v) is 15.9. The standard InChI is InChI=1S/C33H43Cl2N7O5S/c1-23(48(3,44)45)4-7-40-10-12-42(13-11-40)32-30(20-36-22-38-32)47-31-15-25(14-29(39-31)26-16-27(34)18-28(35)17-26)21-41-8-5-24(6-9-41)19-37-33(43)46-2/h14-18,20,22-24H,4-13,19,21H2,1-3H3,(H,37,43). The number of hydrogen-bond acceptors (Lipinski definition) is 11. The summed E-state index contributed by atoms with van der Waals surface area (Å²) in [5.74, 6) is 1.97. The molecule has 5 rings (SSSR count). The number of methoxy groups -OCH3 is 1. The normalized spacial score (nSPS) is 17.2. The summed E-state index contributed by atoms with van der Waals surface area (Å²) in [6.45, 7) is 8.55. The second kappa shape index (κ2) is 16.4. The lowest BCUT2D eigenvalue weighted by Crippen LogP contribution is -2.47. The number of sulfone groups is 1. The third-order valence-electron chi connectivity index (χ3n) is 8.98. The number of anilines is 1. The molecule has 2 saturated heterocycles. The number of halogens is 2. The van der Waals surface area contributed by atoms with Crippen molar-refractivity contribution >= 4 is 45.0 Å². The molecule has 1 atom stereocenters. The highest BCUT2D eigenvalue weighted by Crippen LogP contribution is 2.33. The van der Waals surface area contributed by atoms with Crippen molar-refractivity contribution < 1.29 is 22.7 Å². The Labute approximate surface area is 292 Å². The maximum absolute atomic E-state index is 11.9. The van der Waals surface area contributed by atoms with E-state index < -0.39 is 15.9 Å². The van der Waals surface area contributed by atoms with E-state index in [2.05, 4.69) is 30.0 Å². The molecule has 2 aliphatic rings. The molecular formula is C33H43Cl2N7O5S. The molecule has 48 heavy (non-hydrogen) atoms. The molecule has 0 radical (unpaired) electrons. The van der Waals surface area contributed by atoms with Crippen molar-refractivity contribution in [3.8, 4) is 22.9 Å². The first kappa shape index (κ1) is 36.1. The molecule has 260 valence electrons. The summed E-state index contributed by atoms with van der Waals surface area (Å²) in [6.07, 6.45) is 6.58. The minimum absolute atomic E-state index is 0.365. The lowest BCUT2D eigenvalue weighted by molar-refractivity contribution is 0.155. The Morgan fingerprint density at radius 1 is 1.02 bits per heavy atom. The third-order valence-corrected chi connectivity index (χ3v) is 11.1. The van der Waals surface area contributed by atoms with Crippen LogP contribution < -0.4 is 15.0 Å². The number of benzene rings is 1. The van der Waals surface area contributed by atoms with Gasteiger partial charge in [-0.15, -0.1) is 0 Å². The fourth-order valence-corrected chi connectivity index (χ4v) is 7.01. The summed E-state index contributed by atoms with van der Waals surface area (Å²) in [6, 6.07) is 9.32. The molecule has 2 aromatic heterocycles. The number of carbonyl (C=O) groups excluding carboxylic acids is 1. The van der Waals surface area contributed by atoms with E-state index in [1.54, 1.807) is 19.2 Å². The Morgan fingerprint density at radius 2 is 1.73 bits per heavy atom. The van der Waals surface area contributed by atoms with Crippen molar-refractivity contribution in [2.75, 3.05) is 70.6 Å². The van der Waals surface area contributed by atoms with Crippen LogP contribution in [0.15, 0.2) is 42.9 Å². The van der Waals surface area contributed by atoms with Gasteiger partial charge in [0, 0.05) is 67.2 Å². The van der Waals surface area contributed by atoms with Gasteiger partial charge in [-0.3, -0.25) is 9.80 Å². The van der Waals surface area contributed by atoms with Crippen LogP contribution in [0.3, 0.4) is 0 Å². The maximum Gasteiger partial charge on any atom is 0.406 e. The molecule has 4 heterocycles. The van der Waals surface area contributed by atoms with Crippen LogP contribution in [0.25, 0.3) is 11.3 Å². The van der Waals surface area contributed by atoms with E-state index in [1.807, 2.05) is 24.3 Å². The number of piperazine rings is 1. The van der Waals surface area contributed by atoms with Gasteiger partial charge in [-0.25, -0.2) is 28.2 Å². The zero-order chi connectivity index (χ0) is 34.3. The number of nitrogens with one attached hydrogen (secondary N) is 1. The monoisotopic (exact) mass is 719 g/mol. The highest BCUT2D eigenvalue weighted by Gasteiger charge is 2.24. The SMILES string of the molecule is COC(=O)NCC1CCN(Cc2cc(Oc3cncnc3N3CCN(CCC(C)S(C)(=O)=O)CC3)nc(-c3cc(Cl)cc(Cl)c3)c2)CC1. The summed E-state index contributed by atoms with van der Waals surface area (Å²) in [5.41, 5.74) is 2.48. The number of nitrogens with zero attached hydrogens (tertiary/aromatic N) is 6. The number of likely N-dealkylation sites (tertiary alicyclic amines) is 1. The van der Waals surface area contributed by atoms with Gasteiger partial charge < -0.3 is 19.7 Å². The molecule has 0 aliphatic carbocycles. The molecule has 0 saturated carbocycles. The molecule has 3 aromatic rings. The zero-order valence-electron chi connectivity index (χ0n) is 27.6. The number of carbonyl (C=O) groups is 1. The number of amides is 1. The minimum Gasteiger partial charge on any atom is -0.453 e. The Morgan fingerprint density at radius 3 is 2.40 bits per heavy atom. The first-order valence-electron chi connectivity index (χ1n) is 16.1. The maximum atomic E-state index is 11.9. The van der Waals surface area contributed by atoms with Gasteiger partial charge in [-0.05, 0) is 81.6 Å². The summed E-state index contributed by atoms with van der Waals surface area (Å²) < 4.78 is 34.9. The average molecular weight is 721 g/mol. The predicted molar refractivity (Wildman–Crippen MR) is 188 cm³/mol. The van der Waals surface area contributed by atoms with Crippen LogP contribution in [0.2, 0.25) is 10.0 Å². The largest absolute Gasteiger partial charge is 0.453 e. The van der Waals surface area contributed by atoms with Crippen LogP contribution in [-0.4, -0.2) is 110 Å². The van der Waals surface area contributed by atoms with E-state index in [0.29, 0.717) is 71.7 Å². The van der Waals surface area contributed by atoms with E-state index in [1.165, 1.54) is 19.7 Å². The fraction of sp³-hybridized carbons (Fsp3) is 0.515. The Bertz CT molecular complexity index is 1650. The first-order chi connectivity index (χ1) is 23.0. The number of rotatable bonds is 12. The van der Waals surface area contributed by atoms with Gasteiger partial charge in [0.05, 0.1) is 24.3 Å². The average Bonchev–Trinajstić information content (AvgIpc) is 3.06. The van der Waals surface area contributed by atoms with E-state index in [0.717, 1.165) is 56.7 Å². The topological polar surface area (TPSA) is 130 Å². The Hall–Kier alpha value is -3.23. The Balaban J connectivity index is 1.30. The van der Waals surface area contributed by atoms with Crippen molar-refractivity contribution in [2.24, 2.45) is 5.92 Å². The van der Waals surface area contributed by atoms with Gasteiger partial charge >= 0.3 is 6.09 Å². The number of piperidine rings is 1. The van der Waals surface area contributed by atoms with Gasteiger partial charge in [-0.1, -0.05) is 23.2 Å². The number of pyridine rings is 1. The van der Waals surface area contributed by atoms with Crippen molar-refractivity contribution in [3.63, 3.8) is 0 Å². The number of ether oxygens (including phenoxy) is 2. The quantitative estimate of drug-likeness (QED) is 0.267. The molecule has 1 unspecified atom stereocenters. The van der Waals surface area contributed by atoms with Crippen molar-refractivity contribution in [3.05, 3.63) is 58.5 Å². The van der Waals surface area contributed by atoms with Crippen molar-refractivity contribution in [1.82, 2.24) is 30.1 Å². The third kappa shape index (κ3) is 10.1. The van der Waals surface area contributed by atoms with Gasteiger partial charge in [0.25, 0.3) is 0 Å². The number of hydrogen-bond donors (Lipinski definition) is 1. The summed E-state index contributed by atoms with van der Waals surface area (Å²) >= 11 is 12.7. The van der Waals surface area contributed by atoms with Crippen LogP contribution in [0.1, 0.15) is 31.7 Å². The summed E-state index contributed by atoms with van der Waals surface area (Å²) in [7, 11) is -1.67. The zero-order valence-corrected chi connectivity index (χ0v) is 29.9. The van der Waals surface area contributed by atoms with Crippen LogP contribution in [0.4, 0.5) is 10.6 Å². The molecule has 12 nitrogen and oxygen atoms in total. The van der Waals surface area contributed by atoms with E-state index in [-0.39, 0.29) is 5.25 Å². The predicted octanol–water partition coefficient (Wildman–Crippen LogP) is 5.15. The van der Waals surface area contributed by atoms with E-state index >= 15 is 0 Å². The molecule has 0 spiro atoms. The number of aromatic nitrogens is 3. The molecule has 1 aromatic carbocycles. The van der Waals surface area contributed by atoms with Crippen LogP contribution in [0.5, 0.6) is 11.6 Å². The van der Waals surface area contributed by atoms with Crippen molar-refractivity contribution in [2.45, 2.75) is 38.0 Å². The summed E-state index contributed by atoms with van der Waals surface area (Å²) in [4.78, 5) is 32.0. The number of alkyl carbamates (subject to hydrolysis) is 1. The first-order valence-corrected chi connectivity index (χ1v) is 18.8. The smallest absolute Gasteiger partial charge is 0.406 e. The van der Waals surface area contributed by atoms with Crippen LogP contribution in [0, 0.1) is 5.92 Å². The Kier molecular flexibility index (Phi) is 12.4. The lowest BCUT2D eigenvalue weighted by atomic mass is 9.96. The van der Waals surface area contributed by atoms with Gasteiger partial charge in [0.1, 0.15) is 16.2 Å². The molecule has 1 N–H and O–H groups in total. The molecule has 15 heteroatoms. The van der Waals surface area contributed by atoms with Gasteiger partial charge in [0.15, 0.2) is 11.6 Å². The highest BCUT2D eigenvalue weighted by molar-refractivity contribution is 7.91. The fourth-order valence-electron chi connectivity index (χ4n) is 5.95. The van der Waals surface area contributed by atoms with Gasteiger partial charge in [-0.2, -0.15) is 0 Å². The summed E-state index contributed by atoms with van der Waals surface area (Å²) in [5, 5.41) is 3.47. The molecule has 2 aliphatic heterocycles. The molecule has 0 bridgehead atoms. The molecule has 1 amide bonds. The van der Waals surface area contributed by atoms with Crippen molar-refractivity contribution in [1.29, 1.82) is 0 Å². The van der Waals surface area contributed by atoms with Crippen LogP contribution >= 0.6 is 23.2 Å². The minimum atomic E-state index is -3.05. The van der Waals surface area contributed by atoms with E-state index in [4.69, 9.17) is 37.7 Å². The second-order valence-electron chi connectivity index (χ2n) is 12.5. The molecule has 2 fully saturated rings. The van der Waals surface area contributed by atoms with Gasteiger partial charge in [0.2, 0.25) is 5.88 Å². The van der Waals surface area contributed by atoms with Crippen LogP contribution in [-0.2, 0) is 21.1 Å². The lowest BCUT2D eigenvalue weighted by Gasteiger charge is -2.36.